The lowest BCUT2D eigenvalue weighted by atomic mass is 9.81. The lowest BCUT2D eigenvalue weighted by molar-refractivity contribution is -0.177. The Morgan fingerprint density at radius 1 is 1.07 bits per heavy atom. The average molecular weight is 648 g/mol. The number of aliphatic hydroxyl groups excluding tert-OH is 1. The van der Waals surface area contributed by atoms with E-state index in [1.54, 1.807) is 20.8 Å². The van der Waals surface area contributed by atoms with Crippen LogP contribution in [0.25, 0.3) is 5.65 Å². The zero-order valence-corrected chi connectivity index (χ0v) is 25.8. The highest BCUT2D eigenvalue weighted by molar-refractivity contribution is 5.96. The predicted octanol–water partition coefficient (Wildman–Crippen LogP) is 5.87. The van der Waals surface area contributed by atoms with Crippen LogP contribution in [0.1, 0.15) is 97.0 Å². The Morgan fingerprint density at radius 3 is 2.22 bits per heavy atom. The van der Waals surface area contributed by atoms with E-state index < -0.39 is 77.8 Å². The van der Waals surface area contributed by atoms with Gasteiger partial charge in [0.05, 0.1) is 36.2 Å². The van der Waals surface area contributed by atoms with Crippen molar-refractivity contribution in [2.75, 3.05) is 0 Å². The number of hydrogen-bond acceptors (Lipinski definition) is 8. The largest absolute Gasteiger partial charge is 0.444 e. The van der Waals surface area contributed by atoms with Gasteiger partial charge in [0.2, 0.25) is 11.8 Å². The second-order valence-corrected chi connectivity index (χ2v) is 13.6. The fourth-order valence-corrected chi connectivity index (χ4v) is 5.57. The second-order valence-electron chi connectivity index (χ2n) is 13.6. The van der Waals surface area contributed by atoms with E-state index in [4.69, 9.17) is 9.47 Å². The lowest BCUT2D eigenvalue weighted by Gasteiger charge is -2.33. The van der Waals surface area contributed by atoms with Crippen LogP contribution in [0.4, 0.5) is 31.5 Å². The molecule has 11 nitrogen and oxygen atoms in total. The van der Waals surface area contributed by atoms with Crippen LogP contribution in [0.3, 0.4) is 0 Å². The Hall–Kier alpha value is -3.56. The number of nitrogens with one attached hydrogen (secondary N) is 1. The zero-order chi connectivity index (χ0) is 33.7. The molecule has 2 fully saturated rings. The maximum Gasteiger partial charge on any atom is 0.417 e. The molecule has 1 saturated heterocycles. The van der Waals surface area contributed by atoms with Crippen molar-refractivity contribution in [2.24, 2.45) is 11.8 Å². The summed E-state index contributed by atoms with van der Waals surface area (Å²) in [6, 6.07) is -2.03. The molecule has 2 aromatic heterocycles. The van der Waals surface area contributed by atoms with Gasteiger partial charge in [-0.3, -0.25) is 4.79 Å². The van der Waals surface area contributed by atoms with Gasteiger partial charge in [-0.2, -0.15) is 18.3 Å². The van der Waals surface area contributed by atoms with Crippen molar-refractivity contribution in [3.8, 4) is 0 Å². The summed E-state index contributed by atoms with van der Waals surface area (Å²) in [4.78, 5) is 42.9. The van der Waals surface area contributed by atoms with Crippen molar-refractivity contribution in [1.82, 2.24) is 24.8 Å². The Balaban J connectivity index is 1.62. The highest BCUT2D eigenvalue weighted by Crippen LogP contribution is 2.43. The third-order valence-electron chi connectivity index (χ3n) is 7.62. The molecule has 1 saturated carbocycles. The van der Waals surface area contributed by atoms with Gasteiger partial charge in [-0.25, -0.2) is 32.8 Å². The molecule has 0 unspecified atom stereocenters. The van der Waals surface area contributed by atoms with Crippen LogP contribution in [0, 0.1) is 11.8 Å². The lowest BCUT2D eigenvalue weighted by Crippen LogP contribution is -2.48. The second kappa shape index (κ2) is 12.0. The van der Waals surface area contributed by atoms with Crippen LogP contribution in [0.5, 0.6) is 0 Å². The molecule has 4 rings (SSSR count). The SMILES string of the molecule is CC(C)(C)OC(=O)N[C@H](c1cn2ncc([C@H](O)[C@H]3C[C@@H](C(F)(F)F)N(C(=O)OC(C)(C)C)C3=O)cc2n1)C1CCC(F)(F)CC1. The third-order valence-corrected chi connectivity index (χ3v) is 7.62. The number of ether oxygens (including phenoxy) is 2. The van der Waals surface area contributed by atoms with Crippen molar-refractivity contribution in [3.63, 3.8) is 0 Å². The highest BCUT2D eigenvalue weighted by Gasteiger charge is 2.58. The van der Waals surface area contributed by atoms with Crippen LogP contribution in [-0.4, -0.2) is 72.0 Å². The quantitative estimate of drug-likeness (QED) is 0.385. The number of rotatable bonds is 5. The number of alkyl halides is 5. The van der Waals surface area contributed by atoms with E-state index in [2.05, 4.69) is 15.4 Å². The van der Waals surface area contributed by atoms with E-state index in [1.165, 1.54) is 37.5 Å². The number of amides is 3. The molecule has 2 N–H and O–H groups in total. The molecule has 0 aromatic carbocycles. The monoisotopic (exact) mass is 647 g/mol. The molecule has 45 heavy (non-hydrogen) atoms. The Morgan fingerprint density at radius 2 is 1.67 bits per heavy atom. The van der Waals surface area contributed by atoms with Crippen LogP contribution in [0.15, 0.2) is 18.5 Å². The molecule has 0 spiro atoms. The minimum absolute atomic E-state index is 0.000643. The topological polar surface area (TPSA) is 135 Å². The van der Waals surface area contributed by atoms with Gasteiger partial charge in [-0.05, 0) is 72.8 Å². The summed E-state index contributed by atoms with van der Waals surface area (Å²) >= 11 is 0. The molecule has 3 heterocycles. The number of aromatic nitrogens is 3. The maximum atomic E-state index is 13.9. The fraction of sp³-hybridized carbons (Fsp3) is 0.690. The summed E-state index contributed by atoms with van der Waals surface area (Å²) in [5, 5.41) is 18.0. The van der Waals surface area contributed by atoms with E-state index in [0.29, 0.717) is 0 Å². The first-order chi connectivity index (χ1) is 20.5. The molecule has 4 atom stereocenters. The maximum absolute atomic E-state index is 13.9. The van der Waals surface area contributed by atoms with Crippen molar-refractivity contribution in [2.45, 2.75) is 115 Å². The molecule has 0 bridgehead atoms. The summed E-state index contributed by atoms with van der Waals surface area (Å²) in [5.74, 6) is -6.13. The molecule has 1 aliphatic heterocycles. The number of carbonyl (C=O) groups excluding carboxylic acids is 3. The van der Waals surface area contributed by atoms with Crippen molar-refractivity contribution in [3.05, 3.63) is 29.7 Å². The van der Waals surface area contributed by atoms with Gasteiger partial charge in [0, 0.05) is 18.4 Å². The number of imidazole rings is 1. The summed E-state index contributed by atoms with van der Waals surface area (Å²) in [5.41, 5.74) is -1.67. The standard InChI is InChI=1S/C29H38F5N5O6/c1-26(2,3)44-24(42)37-21(15-7-9-28(30,31)10-8-15)18-14-38-20(36-18)11-16(13-35-38)22(40)17-12-19(29(32,33)34)39(23(17)41)25(43)45-27(4,5)6/h11,13-15,17,19,21-22,40H,7-10,12H2,1-6H3,(H,37,42)/t17-,19+,21+,22+/m1/s1. The summed E-state index contributed by atoms with van der Waals surface area (Å²) in [6.07, 6.45) is -7.86. The number of aliphatic hydroxyl groups is 1. The summed E-state index contributed by atoms with van der Waals surface area (Å²) < 4.78 is 81.2. The van der Waals surface area contributed by atoms with Gasteiger partial charge in [0.25, 0.3) is 0 Å². The molecule has 2 aliphatic rings. The number of carbonyl (C=O) groups is 3. The Kier molecular flexibility index (Phi) is 9.14. The first-order valence-corrected chi connectivity index (χ1v) is 14.6. The fourth-order valence-electron chi connectivity index (χ4n) is 5.57. The van der Waals surface area contributed by atoms with Crippen molar-refractivity contribution >= 4 is 23.7 Å². The number of nitrogens with zero attached hydrogens (tertiary/aromatic N) is 4. The summed E-state index contributed by atoms with van der Waals surface area (Å²) in [7, 11) is 0. The molecule has 3 amide bonds. The van der Waals surface area contributed by atoms with Gasteiger partial charge in [0.15, 0.2) is 5.65 Å². The minimum atomic E-state index is -4.97. The van der Waals surface area contributed by atoms with Gasteiger partial charge in [-0.15, -0.1) is 0 Å². The van der Waals surface area contributed by atoms with Crippen LogP contribution in [-0.2, 0) is 14.3 Å². The van der Waals surface area contributed by atoms with Crippen LogP contribution in [0.2, 0.25) is 0 Å². The van der Waals surface area contributed by atoms with Gasteiger partial charge in [-0.1, -0.05) is 0 Å². The van der Waals surface area contributed by atoms with E-state index in [-0.39, 0.29) is 47.5 Å². The number of halogens is 5. The van der Waals surface area contributed by atoms with Crippen molar-refractivity contribution in [1.29, 1.82) is 0 Å². The molecular formula is C29H38F5N5O6. The molecule has 16 heteroatoms. The number of alkyl carbamates (subject to hydrolysis) is 1. The number of likely N-dealkylation sites (tertiary alicyclic amines) is 1. The number of fused-ring (bicyclic) bond motifs is 1. The zero-order valence-electron chi connectivity index (χ0n) is 25.8. The van der Waals surface area contributed by atoms with Gasteiger partial charge < -0.3 is 19.9 Å². The Labute approximate surface area is 256 Å². The predicted molar refractivity (Wildman–Crippen MR) is 148 cm³/mol. The molecule has 0 radical (unpaired) electrons. The van der Waals surface area contributed by atoms with Crippen LogP contribution >= 0.6 is 0 Å². The highest BCUT2D eigenvalue weighted by atomic mass is 19.4. The van der Waals surface area contributed by atoms with Gasteiger partial charge >= 0.3 is 18.4 Å². The first kappa shape index (κ1) is 34.3. The summed E-state index contributed by atoms with van der Waals surface area (Å²) in [6.45, 7) is 9.33. The molecule has 2 aromatic rings. The van der Waals surface area contributed by atoms with E-state index in [0.717, 1.165) is 6.20 Å². The van der Waals surface area contributed by atoms with E-state index in [1.807, 2.05) is 0 Å². The average Bonchev–Trinajstić information content (AvgIpc) is 3.45. The van der Waals surface area contributed by atoms with E-state index >= 15 is 0 Å². The van der Waals surface area contributed by atoms with Gasteiger partial charge in [0.1, 0.15) is 17.2 Å². The Bertz CT molecular complexity index is 1420. The van der Waals surface area contributed by atoms with E-state index in [9.17, 15) is 41.4 Å². The first-order valence-electron chi connectivity index (χ1n) is 14.6. The molecular weight excluding hydrogens is 609 g/mol. The van der Waals surface area contributed by atoms with Crippen LogP contribution < -0.4 is 5.32 Å². The third kappa shape index (κ3) is 8.19. The van der Waals surface area contributed by atoms with Crippen molar-refractivity contribution < 1.29 is 50.9 Å². The smallest absolute Gasteiger partial charge is 0.417 e. The number of imide groups is 1. The normalized spacial score (nSPS) is 22.8. The number of hydrogen-bond donors (Lipinski definition) is 2. The molecule has 250 valence electrons. The molecule has 1 aliphatic carbocycles. The minimum Gasteiger partial charge on any atom is -0.444 e.